The Kier molecular flexibility index (Phi) is 8.12. The van der Waals surface area contributed by atoms with E-state index < -0.39 is 15.9 Å². The van der Waals surface area contributed by atoms with Crippen LogP contribution in [0, 0.1) is 13.8 Å². The lowest BCUT2D eigenvalue weighted by Crippen LogP contribution is -2.36. The molecule has 3 rings (SSSR count). The third-order valence-corrected chi connectivity index (χ3v) is 6.99. The fourth-order valence-electron chi connectivity index (χ4n) is 3.43. The Bertz CT molecular complexity index is 1280. The zero-order chi connectivity index (χ0) is 24.7. The number of hydrogen-bond donors (Lipinski definition) is 0. The summed E-state index contributed by atoms with van der Waals surface area (Å²) in [6.07, 6.45) is 2.83. The van der Waals surface area contributed by atoms with Crippen molar-refractivity contribution in [3.8, 4) is 11.5 Å². The minimum absolute atomic E-state index is 0.0392. The SMILES string of the molecule is CCOc1ccc(/C=C/C(=O)N(c2cccc(C)c2C)S(=O)(=O)c2ccccc2)cc1OCC. The van der Waals surface area contributed by atoms with Crippen molar-refractivity contribution in [1.29, 1.82) is 0 Å². The van der Waals surface area contributed by atoms with Crippen molar-refractivity contribution >= 4 is 27.7 Å². The second-order valence-corrected chi connectivity index (χ2v) is 9.33. The Balaban J connectivity index is 2.04. The molecule has 34 heavy (non-hydrogen) atoms. The van der Waals surface area contributed by atoms with Gasteiger partial charge < -0.3 is 9.47 Å². The van der Waals surface area contributed by atoms with Gasteiger partial charge in [-0.25, -0.2) is 8.42 Å². The van der Waals surface area contributed by atoms with E-state index >= 15 is 0 Å². The Morgan fingerprint density at radius 3 is 2.24 bits per heavy atom. The molecule has 0 N–H and O–H groups in total. The molecule has 0 unspecified atom stereocenters. The second kappa shape index (κ2) is 11.0. The van der Waals surface area contributed by atoms with E-state index in [1.165, 1.54) is 18.2 Å². The summed E-state index contributed by atoms with van der Waals surface area (Å²) in [6, 6.07) is 18.5. The summed E-state index contributed by atoms with van der Waals surface area (Å²) < 4.78 is 39.2. The predicted molar refractivity (Wildman–Crippen MR) is 135 cm³/mol. The summed E-state index contributed by atoms with van der Waals surface area (Å²) in [7, 11) is -4.14. The van der Waals surface area contributed by atoms with Crippen LogP contribution in [-0.2, 0) is 14.8 Å². The topological polar surface area (TPSA) is 72.9 Å². The first kappa shape index (κ1) is 25.1. The maximum absolute atomic E-state index is 13.5. The average molecular weight is 480 g/mol. The smallest absolute Gasteiger partial charge is 0.271 e. The van der Waals surface area contributed by atoms with Gasteiger partial charge in [0.1, 0.15) is 0 Å². The summed E-state index contributed by atoms with van der Waals surface area (Å²) in [5.41, 5.74) is 2.59. The fraction of sp³-hybridized carbons (Fsp3) is 0.222. The standard InChI is InChI=1S/C27H29NO5S/c1-5-32-25-17-15-22(19-26(25)33-6-2)16-18-27(29)28(24-14-10-11-20(3)21(24)4)34(30,31)23-12-8-7-9-13-23/h7-19H,5-6H2,1-4H3/b18-16+. The maximum atomic E-state index is 13.5. The molecule has 0 bridgehead atoms. The van der Waals surface area contributed by atoms with E-state index in [1.807, 2.05) is 26.8 Å². The molecule has 178 valence electrons. The zero-order valence-electron chi connectivity index (χ0n) is 19.8. The van der Waals surface area contributed by atoms with Gasteiger partial charge in [0.05, 0.1) is 23.8 Å². The van der Waals surface area contributed by atoms with E-state index in [9.17, 15) is 13.2 Å². The van der Waals surface area contributed by atoms with Gasteiger partial charge in [0.2, 0.25) is 0 Å². The monoisotopic (exact) mass is 479 g/mol. The number of aryl methyl sites for hydroxylation is 1. The molecule has 6 nitrogen and oxygen atoms in total. The van der Waals surface area contributed by atoms with Gasteiger partial charge in [-0.2, -0.15) is 4.31 Å². The van der Waals surface area contributed by atoms with Crippen LogP contribution in [0.15, 0.2) is 77.7 Å². The third kappa shape index (κ3) is 5.48. The fourth-order valence-corrected chi connectivity index (χ4v) is 4.89. The molecule has 0 radical (unpaired) electrons. The summed E-state index contributed by atoms with van der Waals surface area (Å²) in [5.74, 6) is 0.489. The lowest BCUT2D eigenvalue weighted by atomic mass is 10.1. The van der Waals surface area contributed by atoms with Crippen LogP contribution in [0.5, 0.6) is 11.5 Å². The number of ether oxygens (including phenoxy) is 2. The third-order valence-electron chi connectivity index (χ3n) is 5.26. The second-order valence-electron chi connectivity index (χ2n) is 7.55. The first-order valence-corrected chi connectivity index (χ1v) is 12.5. The highest BCUT2D eigenvalue weighted by atomic mass is 32.2. The average Bonchev–Trinajstić information content (AvgIpc) is 2.83. The largest absolute Gasteiger partial charge is 0.490 e. The van der Waals surface area contributed by atoms with Gasteiger partial charge in [-0.1, -0.05) is 36.4 Å². The van der Waals surface area contributed by atoms with Crippen LogP contribution in [0.1, 0.15) is 30.5 Å². The molecule has 3 aromatic carbocycles. The minimum Gasteiger partial charge on any atom is -0.490 e. The molecule has 0 heterocycles. The summed E-state index contributed by atoms with van der Waals surface area (Å²) in [4.78, 5) is 13.4. The molecule has 0 spiro atoms. The van der Waals surface area contributed by atoms with Crippen LogP contribution >= 0.6 is 0 Å². The quantitative estimate of drug-likeness (QED) is 0.377. The van der Waals surface area contributed by atoms with Gasteiger partial charge in [0.25, 0.3) is 15.9 Å². The van der Waals surface area contributed by atoms with Crippen LogP contribution in [0.3, 0.4) is 0 Å². The highest BCUT2D eigenvalue weighted by molar-refractivity contribution is 7.93. The van der Waals surface area contributed by atoms with Crippen molar-refractivity contribution in [2.75, 3.05) is 17.5 Å². The predicted octanol–water partition coefficient (Wildman–Crippen LogP) is 5.54. The van der Waals surface area contributed by atoms with Crippen molar-refractivity contribution in [1.82, 2.24) is 0 Å². The molecule has 1 amide bonds. The maximum Gasteiger partial charge on any atom is 0.271 e. The molecule has 0 atom stereocenters. The molecule has 0 aromatic heterocycles. The molecule has 0 aliphatic rings. The van der Waals surface area contributed by atoms with Crippen molar-refractivity contribution in [3.05, 3.63) is 89.5 Å². The van der Waals surface area contributed by atoms with Crippen LogP contribution in [0.4, 0.5) is 5.69 Å². The molecule has 7 heteroatoms. The molecular weight excluding hydrogens is 450 g/mol. The van der Waals surface area contributed by atoms with Crippen molar-refractivity contribution in [2.24, 2.45) is 0 Å². The number of carbonyl (C=O) groups excluding carboxylic acids is 1. The number of hydrogen-bond acceptors (Lipinski definition) is 5. The molecule has 0 aliphatic carbocycles. The number of rotatable bonds is 9. The van der Waals surface area contributed by atoms with Crippen LogP contribution in [0.2, 0.25) is 0 Å². The van der Waals surface area contributed by atoms with E-state index in [0.717, 1.165) is 9.87 Å². The Labute approximate surface area is 201 Å². The Morgan fingerprint density at radius 2 is 1.56 bits per heavy atom. The van der Waals surface area contributed by atoms with E-state index in [4.69, 9.17) is 9.47 Å². The Morgan fingerprint density at radius 1 is 0.882 bits per heavy atom. The zero-order valence-corrected chi connectivity index (χ0v) is 20.6. The van der Waals surface area contributed by atoms with Gasteiger partial charge in [-0.05, 0) is 80.8 Å². The number of anilines is 1. The summed E-state index contributed by atoms with van der Waals surface area (Å²) in [5, 5.41) is 0. The highest BCUT2D eigenvalue weighted by Crippen LogP contribution is 2.31. The van der Waals surface area contributed by atoms with Crippen LogP contribution in [-0.4, -0.2) is 27.5 Å². The normalized spacial score (nSPS) is 11.4. The number of nitrogens with zero attached hydrogens (tertiary/aromatic N) is 1. The lowest BCUT2D eigenvalue weighted by Gasteiger charge is -2.24. The van der Waals surface area contributed by atoms with Crippen molar-refractivity contribution in [2.45, 2.75) is 32.6 Å². The van der Waals surface area contributed by atoms with E-state index in [2.05, 4.69) is 0 Å². The van der Waals surface area contributed by atoms with Gasteiger partial charge in [0, 0.05) is 6.08 Å². The molecule has 0 aliphatic heterocycles. The van der Waals surface area contributed by atoms with Crippen molar-refractivity contribution in [3.63, 3.8) is 0 Å². The molecule has 3 aromatic rings. The first-order chi connectivity index (χ1) is 16.3. The van der Waals surface area contributed by atoms with Gasteiger partial charge in [0.15, 0.2) is 11.5 Å². The summed E-state index contributed by atoms with van der Waals surface area (Å²) in [6.45, 7) is 8.39. The molecular formula is C27H29NO5S. The van der Waals surface area contributed by atoms with E-state index in [0.29, 0.717) is 41.5 Å². The Hall–Kier alpha value is -3.58. The van der Waals surface area contributed by atoms with E-state index in [-0.39, 0.29) is 4.90 Å². The lowest BCUT2D eigenvalue weighted by molar-refractivity contribution is -0.113. The van der Waals surface area contributed by atoms with E-state index in [1.54, 1.807) is 61.5 Å². The minimum atomic E-state index is -4.14. The number of amides is 1. The van der Waals surface area contributed by atoms with Crippen LogP contribution in [0.25, 0.3) is 6.08 Å². The number of benzene rings is 3. The van der Waals surface area contributed by atoms with Crippen LogP contribution < -0.4 is 13.8 Å². The molecule has 0 fully saturated rings. The molecule has 0 saturated heterocycles. The van der Waals surface area contributed by atoms with Gasteiger partial charge >= 0.3 is 0 Å². The van der Waals surface area contributed by atoms with Crippen molar-refractivity contribution < 1.29 is 22.7 Å². The number of carbonyl (C=O) groups is 1. The summed E-state index contributed by atoms with van der Waals surface area (Å²) >= 11 is 0. The first-order valence-electron chi connectivity index (χ1n) is 11.1. The van der Waals surface area contributed by atoms with Gasteiger partial charge in [-0.15, -0.1) is 0 Å². The number of sulfonamides is 1. The highest BCUT2D eigenvalue weighted by Gasteiger charge is 2.31. The molecule has 0 saturated carbocycles. The van der Waals surface area contributed by atoms with Gasteiger partial charge in [-0.3, -0.25) is 4.79 Å².